The minimum Gasteiger partial charge on any atom is -0.493 e. The van der Waals surface area contributed by atoms with Crippen molar-refractivity contribution in [3.05, 3.63) is 30.3 Å². The van der Waals surface area contributed by atoms with Crippen LogP contribution in [0.25, 0.3) is 10.8 Å². The Hall–Kier alpha value is -1.35. The van der Waals surface area contributed by atoms with Crippen molar-refractivity contribution in [1.82, 2.24) is 0 Å². The molecule has 0 amide bonds. The van der Waals surface area contributed by atoms with E-state index in [9.17, 15) is 0 Å². The van der Waals surface area contributed by atoms with Crippen LogP contribution in [0, 0.1) is 23.7 Å². The summed E-state index contributed by atoms with van der Waals surface area (Å²) in [6, 6.07) is 11.5. The molecule has 6 rings (SSSR count). The van der Waals surface area contributed by atoms with Crippen molar-refractivity contribution in [2.45, 2.75) is 94.8 Å². The van der Waals surface area contributed by atoms with Crippen molar-refractivity contribution in [3.63, 3.8) is 0 Å². The fraction of sp³-hybridized carbons (Fsp3) is 0.688. The maximum Gasteiger partial charge on any atom is 0.166 e. The Morgan fingerprint density at radius 3 is 1.80 bits per heavy atom. The van der Waals surface area contributed by atoms with Gasteiger partial charge in [-0.3, -0.25) is 0 Å². The van der Waals surface area contributed by atoms with Crippen molar-refractivity contribution < 1.29 is 9.47 Å². The molecule has 35 heavy (non-hydrogen) atoms. The molecule has 0 N–H and O–H groups in total. The van der Waals surface area contributed by atoms with E-state index in [0.717, 1.165) is 48.4 Å². The molecular formula is C32H45O2S+. The van der Waals surface area contributed by atoms with E-state index >= 15 is 0 Å². The van der Waals surface area contributed by atoms with E-state index in [1.807, 2.05) is 0 Å². The summed E-state index contributed by atoms with van der Waals surface area (Å²) in [6.45, 7) is 1.75. The third kappa shape index (κ3) is 5.50. The van der Waals surface area contributed by atoms with Crippen molar-refractivity contribution in [3.8, 4) is 11.5 Å². The third-order valence-corrected chi connectivity index (χ3v) is 12.2. The number of benzene rings is 2. The molecule has 0 bridgehead atoms. The number of hydrogen-bond acceptors (Lipinski definition) is 2. The van der Waals surface area contributed by atoms with Gasteiger partial charge in [-0.15, -0.1) is 0 Å². The molecular weight excluding hydrogens is 448 g/mol. The van der Waals surface area contributed by atoms with Gasteiger partial charge in [-0.2, -0.15) is 0 Å². The summed E-state index contributed by atoms with van der Waals surface area (Å²) in [6.07, 6.45) is 19.4. The van der Waals surface area contributed by atoms with Gasteiger partial charge in [-0.05, 0) is 68.6 Å². The molecule has 3 saturated carbocycles. The lowest BCUT2D eigenvalue weighted by molar-refractivity contribution is 0.209. The fourth-order valence-corrected chi connectivity index (χ4v) is 10.6. The summed E-state index contributed by atoms with van der Waals surface area (Å²) in [4.78, 5) is 1.57. The first-order valence-corrected chi connectivity index (χ1v) is 16.4. The van der Waals surface area contributed by atoms with Crippen molar-refractivity contribution in [1.29, 1.82) is 0 Å². The van der Waals surface area contributed by atoms with Gasteiger partial charge in [-0.25, -0.2) is 0 Å². The second-order valence-electron chi connectivity index (χ2n) is 12.0. The molecule has 1 heterocycles. The minimum absolute atomic E-state index is 0.344. The van der Waals surface area contributed by atoms with Gasteiger partial charge in [0.05, 0.1) is 18.6 Å². The van der Waals surface area contributed by atoms with Gasteiger partial charge in [0.15, 0.2) is 4.90 Å². The van der Waals surface area contributed by atoms with E-state index < -0.39 is 0 Å². The summed E-state index contributed by atoms with van der Waals surface area (Å²) in [5.74, 6) is 8.37. The normalized spacial score (nSPS) is 28.2. The highest BCUT2D eigenvalue weighted by Gasteiger charge is 2.44. The smallest absolute Gasteiger partial charge is 0.166 e. The lowest BCUT2D eigenvalue weighted by atomic mass is 9.82. The van der Waals surface area contributed by atoms with Gasteiger partial charge in [0.25, 0.3) is 0 Å². The molecule has 1 aliphatic heterocycles. The fourth-order valence-electron chi connectivity index (χ4n) is 7.41. The van der Waals surface area contributed by atoms with Gasteiger partial charge in [0.2, 0.25) is 0 Å². The van der Waals surface area contributed by atoms with Gasteiger partial charge in [0, 0.05) is 28.1 Å². The van der Waals surface area contributed by atoms with Crippen LogP contribution < -0.4 is 9.47 Å². The Balaban J connectivity index is 1.29. The van der Waals surface area contributed by atoms with Gasteiger partial charge < -0.3 is 9.47 Å². The molecule has 2 aromatic carbocycles. The maximum atomic E-state index is 6.68. The van der Waals surface area contributed by atoms with Crippen LogP contribution in [0.3, 0.4) is 0 Å². The molecule has 0 spiro atoms. The zero-order chi connectivity index (χ0) is 23.5. The number of ether oxygens (including phenoxy) is 2. The van der Waals surface area contributed by atoms with Gasteiger partial charge in [0.1, 0.15) is 23.0 Å². The van der Waals surface area contributed by atoms with Gasteiger partial charge in [-0.1, -0.05) is 63.5 Å². The quantitative estimate of drug-likeness (QED) is 0.360. The molecule has 2 unspecified atom stereocenters. The number of rotatable bonds is 7. The lowest BCUT2D eigenvalue weighted by Gasteiger charge is -2.23. The lowest BCUT2D eigenvalue weighted by Crippen LogP contribution is -2.16. The molecule has 190 valence electrons. The van der Waals surface area contributed by atoms with Crippen molar-refractivity contribution in [2.75, 3.05) is 24.7 Å². The van der Waals surface area contributed by atoms with Crippen LogP contribution in [0.1, 0.15) is 89.9 Å². The molecule has 0 radical (unpaired) electrons. The van der Waals surface area contributed by atoms with Crippen LogP contribution >= 0.6 is 0 Å². The SMILES string of the molecule is c1cc(OCC2CCCCC2)c2c([S+]3CC4CCCCC4C3)ccc(OCC3CCCCC3)c2c1. The van der Waals surface area contributed by atoms with Crippen molar-refractivity contribution in [2.24, 2.45) is 23.7 Å². The summed E-state index contributed by atoms with van der Waals surface area (Å²) >= 11 is 0. The molecule has 4 fully saturated rings. The van der Waals surface area contributed by atoms with E-state index in [2.05, 4.69) is 30.3 Å². The number of fused-ring (bicyclic) bond motifs is 2. The van der Waals surface area contributed by atoms with Crippen LogP contribution in [0.5, 0.6) is 11.5 Å². The third-order valence-electron chi connectivity index (χ3n) is 9.53. The van der Waals surface area contributed by atoms with Crippen LogP contribution in [0.2, 0.25) is 0 Å². The minimum atomic E-state index is 0.344. The Kier molecular flexibility index (Phi) is 7.80. The second kappa shape index (κ2) is 11.4. The summed E-state index contributed by atoms with van der Waals surface area (Å²) in [5, 5.41) is 2.67. The predicted molar refractivity (Wildman–Crippen MR) is 149 cm³/mol. The highest BCUT2D eigenvalue weighted by molar-refractivity contribution is 7.97. The topological polar surface area (TPSA) is 18.5 Å². The summed E-state index contributed by atoms with van der Waals surface area (Å²) < 4.78 is 13.2. The summed E-state index contributed by atoms with van der Waals surface area (Å²) in [7, 11) is 0.344. The zero-order valence-electron chi connectivity index (χ0n) is 21.6. The maximum absolute atomic E-state index is 6.68. The molecule has 3 heteroatoms. The predicted octanol–water partition coefficient (Wildman–Crippen LogP) is 8.56. The molecule has 4 aliphatic rings. The first kappa shape index (κ1) is 24.0. The molecule has 1 saturated heterocycles. The molecule has 2 nitrogen and oxygen atoms in total. The van der Waals surface area contributed by atoms with Crippen molar-refractivity contribution >= 4 is 21.7 Å². The largest absolute Gasteiger partial charge is 0.493 e. The Morgan fingerprint density at radius 2 is 1.17 bits per heavy atom. The van der Waals surface area contributed by atoms with Crippen LogP contribution in [-0.4, -0.2) is 24.7 Å². The Morgan fingerprint density at radius 1 is 0.600 bits per heavy atom. The number of hydrogen-bond donors (Lipinski definition) is 0. The standard InChI is InChI=1S/C32H45O2S/c1-3-10-24(11-4-1)20-33-29-18-19-31(35-22-26-14-7-8-15-27(26)23-35)32-28(29)16-9-17-30(32)34-21-25-12-5-2-6-13-25/h9,16-19,24-27H,1-8,10-15,20-23H2/q+1. The van der Waals surface area contributed by atoms with E-state index in [0.29, 0.717) is 10.9 Å². The first-order valence-electron chi connectivity index (χ1n) is 14.8. The van der Waals surface area contributed by atoms with E-state index in [1.165, 1.54) is 112 Å². The van der Waals surface area contributed by atoms with Crippen LogP contribution in [0.4, 0.5) is 0 Å². The average Bonchev–Trinajstić information content (AvgIpc) is 3.36. The average molecular weight is 494 g/mol. The molecule has 0 aromatic heterocycles. The molecule has 2 atom stereocenters. The highest BCUT2D eigenvalue weighted by Crippen LogP contribution is 2.45. The van der Waals surface area contributed by atoms with Crippen LogP contribution in [0.15, 0.2) is 35.2 Å². The van der Waals surface area contributed by atoms with Crippen LogP contribution in [-0.2, 0) is 10.9 Å². The second-order valence-corrected chi connectivity index (χ2v) is 14.1. The van der Waals surface area contributed by atoms with E-state index in [-0.39, 0.29) is 0 Å². The van der Waals surface area contributed by atoms with Gasteiger partial charge >= 0.3 is 0 Å². The zero-order valence-corrected chi connectivity index (χ0v) is 22.5. The van der Waals surface area contributed by atoms with E-state index in [4.69, 9.17) is 9.47 Å². The highest BCUT2D eigenvalue weighted by atomic mass is 32.2. The monoisotopic (exact) mass is 493 g/mol. The molecule has 2 aromatic rings. The Bertz CT molecular complexity index is 961. The molecule has 3 aliphatic carbocycles. The summed E-state index contributed by atoms with van der Waals surface area (Å²) in [5.41, 5.74) is 0. The van der Waals surface area contributed by atoms with E-state index in [1.54, 1.807) is 4.90 Å². The Labute approximate surface area is 215 Å². The first-order chi connectivity index (χ1) is 17.3.